The van der Waals surface area contributed by atoms with Gasteiger partial charge in [-0.1, -0.05) is 18.0 Å². The number of hydrogen-bond acceptors (Lipinski definition) is 6. The van der Waals surface area contributed by atoms with Gasteiger partial charge in [0.2, 0.25) is 0 Å². The summed E-state index contributed by atoms with van der Waals surface area (Å²) in [4.78, 5) is 21.5. The molecule has 1 aromatic rings. The van der Waals surface area contributed by atoms with Crippen molar-refractivity contribution in [2.75, 3.05) is 32.7 Å². The van der Waals surface area contributed by atoms with Gasteiger partial charge < -0.3 is 9.74 Å². The van der Waals surface area contributed by atoms with Gasteiger partial charge in [0.15, 0.2) is 6.23 Å². The van der Waals surface area contributed by atoms with Crippen LogP contribution in [0, 0.1) is 16.0 Å². The number of non-ortho nitro benzene ring substituents is 1. The van der Waals surface area contributed by atoms with Crippen LogP contribution in [0.3, 0.4) is 0 Å². The van der Waals surface area contributed by atoms with Gasteiger partial charge >= 0.3 is 0 Å². The smallest absolute Gasteiger partial charge is 0.269 e. The molecule has 3 aliphatic rings. The summed E-state index contributed by atoms with van der Waals surface area (Å²) in [6.07, 6.45) is 7.52. The molecule has 0 N–H and O–H groups in total. The molecule has 0 aromatic heterocycles. The predicted octanol–water partition coefficient (Wildman–Crippen LogP) is 3.24. The van der Waals surface area contributed by atoms with Crippen molar-refractivity contribution in [3.05, 3.63) is 39.9 Å². The Morgan fingerprint density at radius 1 is 1.00 bits per heavy atom. The highest BCUT2D eigenvalue weighted by molar-refractivity contribution is 6.03. The third kappa shape index (κ3) is 4.14. The van der Waals surface area contributed by atoms with Crippen molar-refractivity contribution in [2.45, 2.75) is 44.8 Å². The van der Waals surface area contributed by atoms with Crippen molar-refractivity contribution < 1.29 is 9.76 Å². The van der Waals surface area contributed by atoms with Crippen molar-refractivity contribution in [3.8, 4) is 0 Å². The van der Waals surface area contributed by atoms with Gasteiger partial charge in [-0.05, 0) is 50.9 Å². The summed E-state index contributed by atoms with van der Waals surface area (Å²) in [5.41, 5.74) is 1.98. The second-order valence-electron chi connectivity index (χ2n) is 7.84. The Balaban J connectivity index is 1.55. The summed E-state index contributed by atoms with van der Waals surface area (Å²) in [7, 11) is 0. The van der Waals surface area contributed by atoms with Gasteiger partial charge in [-0.25, -0.2) is 0 Å². The number of piperidine rings is 2. The van der Waals surface area contributed by atoms with E-state index in [0.29, 0.717) is 0 Å². The van der Waals surface area contributed by atoms with Crippen LogP contribution in [0.1, 0.15) is 44.1 Å². The third-order valence-electron chi connectivity index (χ3n) is 5.98. The summed E-state index contributed by atoms with van der Waals surface area (Å²) >= 11 is 0. The molecule has 4 rings (SSSR count). The standard InChI is InChI=1S/C20H28N4O3/c25-24(26)17-9-7-16(8-10-17)19-18(15-22-11-3-1-4-12-22)20(27-21-19)23-13-5-2-6-14-23/h7-10,18,20H,1-6,11-15H2/t18-,20-/m0/s1. The Morgan fingerprint density at radius 3 is 2.26 bits per heavy atom. The number of oxime groups is 1. The first kappa shape index (κ1) is 18.4. The quantitative estimate of drug-likeness (QED) is 0.586. The summed E-state index contributed by atoms with van der Waals surface area (Å²) < 4.78 is 0. The first-order chi connectivity index (χ1) is 13.2. The average molecular weight is 372 g/mol. The first-order valence-electron chi connectivity index (χ1n) is 10.2. The van der Waals surface area contributed by atoms with E-state index in [1.807, 2.05) is 12.1 Å². The number of benzene rings is 1. The Kier molecular flexibility index (Phi) is 5.69. The molecule has 27 heavy (non-hydrogen) atoms. The molecule has 0 radical (unpaired) electrons. The molecule has 7 nitrogen and oxygen atoms in total. The highest BCUT2D eigenvalue weighted by Gasteiger charge is 2.40. The lowest BCUT2D eigenvalue weighted by Crippen LogP contribution is -2.48. The zero-order chi connectivity index (χ0) is 18.6. The van der Waals surface area contributed by atoms with E-state index < -0.39 is 0 Å². The number of nitro benzene ring substituents is 1. The molecule has 0 bridgehead atoms. The van der Waals surface area contributed by atoms with Gasteiger partial charge in [0.1, 0.15) is 0 Å². The van der Waals surface area contributed by atoms with E-state index in [9.17, 15) is 10.1 Å². The number of nitro groups is 1. The highest BCUT2D eigenvalue weighted by Crippen LogP contribution is 2.30. The zero-order valence-corrected chi connectivity index (χ0v) is 15.8. The number of hydrogen-bond donors (Lipinski definition) is 0. The molecule has 3 aliphatic heterocycles. The fourth-order valence-corrected chi connectivity index (χ4v) is 4.50. The van der Waals surface area contributed by atoms with Gasteiger partial charge in [-0.2, -0.15) is 0 Å². The van der Waals surface area contributed by atoms with Crippen molar-refractivity contribution in [2.24, 2.45) is 11.1 Å². The molecular weight excluding hydrogens is 344 g/mol. The molecule has 146 valence electrons. The van der Waals surface area contributed by atoms with Gasteiger partial charge in [-0.3, -0.25) is 15.0 Å². The Labute approximate surface area is 160 Å². The van der Waals surface area contributed by atoms with E-state index in [-0.39, 0.29) is 22.8 Å². The van der Waals surface area contributed by atoms with Crippen LogP contribution in [0.25, 0.3) is 0 Å². The predicted molar refractivity (Wildman–Crippen MR) is 104 cm³/mol. The Bertz CT molecular complexity index is 679. The SMILES string of the molecule is O=[N+]([O-])c1ccc(C2=NO[C@H](N3CCCCC3)[C@H]2CN2CCCCC2)cc1. The van der Waals surface area contributed by atoms with E-state index in [1.54, 1.807) is 12.1 Å². The van der Waals surface area contributed by atoms with Crippen LogP contribution in [0.15, 0.2) is 29.4 Å². The fraction of sp³-hybridized carbons (Fsp3) is 0.650. The van der Waals surface area contributed by atoms with Gasteiger partial charge in [0, 0.05) is 37.3 Å². The molecule has 0 saturated carbocycles. The van der Waals surface area contributed by atoms with Crippen LogP contribution in [0.4, 0.5) is 5.69 Å². The van der Waals surface area contributed by atoms with E-state index in [2.05, 4.69) is 15.0 Å². The number of nitrogens with zero attached hydrogens (tertiary/aromatic N) is 4. The summed E-state index contributed by atoms with van der Waals surface area (Å²) in [5.74, 6) is 0.183. The van der Waals surface area contributed by atoms with Crippen molar-refractivity contribution in [3.63, 3.8) is 0 Å². The number of rotatable bonds is 5. The lowest BCUT2D eigenvalue weighted by Gasteiger charge is -2.36. The Morgan fingerprint density at radius 2 is 1.63 bits per heavy atom. The largest absolute Gasteiger partial charge is 0.375 e. The molecule has 0 amide bonds. The minimum atomic E-state index is -0.363. The van der Waals surface area contributed by atoms with Gasteiger partial charge in [0.05, 0.1) is 16.6 Å². The minimum Gasteiger partial charge on any atom is -0.375 e. The molecule has 2 fully saturated rings. The van der Waals surface area contributed by atoms with Crippen LogP contribution < -0.4 is 0 Å². The molecule has 0 spiro atoms. The van der Waals surface area contributed by atoms with Crippen LogP contribution in [-0.4, -0.2) is 59.4 Å². The molecule has 7 heteroatoms. The zero-order valence-electron chi connectivity index (χ0n) is 15.8. The third-order valence-corrected chi connectivity index (χ3v) is 5.98. The van der Waals surface area contributed by atoms with E-state index in [1.165, 1.54) is 38.5 Å². The lowest BCUT2D eigenvalue weighted by molar-refractivity contribution is -0.384. The average Bonchev–Trinajstić information content (AvgIpc) is 3.13. The lowest BCUT2D eigenvalue weighted by atomic mass is 9.92. The van der Waals surface area contributed by atoms with Crippen LogP contribution in [0.2, 0.25) is 0 Å². The fourth-order valence-electron chi connectivity index (χ4n) is 4.50. The first-order valence-corrected chi connectivity index (χ1v) is 10.2. The van der Waals surface area contributed by atoms with Crippen molar-refractivity contribution >= 4 is 11.4 Å². The van der Waals surface area contributed by atoms with E-state index >= 15 is 0 Å². The second-order valence-corrected chi connectivity index (χ2v) is 7.84. The van der Waals surface area contributed by atoms with Gasteiger partial charge in [0.25, 0.3) is 5.69 Å². The van der Waals surface area contributed by atoms with Crippen molar-refractivity contribution in [1.29, 1.82) is 0 Å². The number of likely N-dealkylation sites (tertiary alicyclic amines) is 2. The minimum absolute atomic E-state index is 0.0163. The second kappa shape index (κ2) is 8.35. The Hall–Kier alpha value is -1.99. The molecule has 2 saturated heterocycles. The molecule has 0 aliphatic carbocycles. The molecule has 0 unspecified atom stereocenters. The maximum absolute atomic E-state index is 11.0. The highest BCUT2D eigenvalue weighted by atomic mass is 16.7. The topological polar surface area (TPSA) is 71.2 Å². The van der Waals surface area contributed by atoms with Crippen LogP contribution in [-0.2, 0) is 4.84 Å². The molecule has 1 aromatic carbocycles. The molecule has 3 heterocycles. The van der Waals surface area contributed by atoms with E-state index in [0.717, 1.165) is 44.0 Å². The van der Waals surface area contributed by atoms with E-state index in [4.69, 9.17) is 4.84 Å². The summed E-state index contributed by atoms with van der Waals surface area (Å²) in [6, 6.07) is 6.73. The normalized spacial score (nSPS) is 27.2. The molecular formula is C20H28N4O3. The summed E-state index contributed by atoms with van der Waals surface area (Å²) in [6.45, 7) is 5.33. The van der Waals surface area contributed by atoms with Crippen molar-refractivity contribution in [1.82, 2.24) is 9.80 Å². The van der Waals surface area contributed by atoms with Crippen LogP contribution in [0.5, 0.6) is 0 Å². The molecule has 2 atom stereocenters. The maximum Gasteiger partial charge on any atom is 0.269 e. The maximum atomic E-state index is 11.0. The van der Waals surface area contributed by atoms with Gasteiger partial charge in [-0.15, -0.1) is 0 Å². The summed E-state index contributed by atoms with van der Waals surface area (Å²) in [5, 5.41) is 15.4. The van der Waals surface area contributed by atoms with Crippen LogP contribution >= 0.6 is 0 Å². The monoisotopic (exact) mass is 372 g/mol.